The van der Waals surface area contributed by atoms with E-state index in [1.165, 1.54) is 56.9 Å². The van der Waals surface area contributed by atoms with Crippen LogP contribution in [0.15, 0.2) is 11.6 Å². The molecule has 4 rings (SSSR count). The second-order valence-corrected chi connectivity index (χ2v) is 24.1. The fraction of sp³-hybridized carbons (Fsp3) is 0.902. The number of hydrogen-bond donors (Lipinski definition) is 2. The minimum atomic E-state index is -0.617. The third-order valence-electron chi connectivity index (χ3n) is 15.7. The van der Waals surface area contributed by atoms with Gasteiger partial charge < -0.3 is 29.7 Å². The van der Waals surface area contributed by atoms with Gasteiger partial charge in [0.1, 0.15) is 17.3 Å². The summed E-state index contributed by atoms with van der Waals surface area (Å²) in [6.45, 7) is 34.8. The van der Waals surface area contributed by atoms with E-state index in [1.54, 1.807) is 4.90 Å². The molecule has 0 heterocycles. The summed E-state index contributed by atoms with van der Waals surface area (Å²) in [7, 11) is 0. The maximum absolute atomic E-state index is 14.2. The summed E-state index contributed by atoms with van der Waals surface area (Å²) in [5.74, 6) is 5.54. The molecule has 0 radical (unpaired) electrons. The minimum Gasteiger partial charge on any atom is -0.446 e. The van der Waals surface area contributed by atoms with Crippen LogP contribution in [-0.4, -0.2) is 64.7 Å². The molecule has 0 aliphatic heterocycles. The van der Waals surface area contributed by atoms with Crippen molar-refractivity contribution < 1.29 is 28.6 Å². The zero-order chi connectivity index (χ0) is 45.1. The number of carbonyl (C=O) groups excluding carboxylic acids is 3. The smallest absolute Gasteiger partial charge is 0.410 e. The maximum atomic E-state index is 14.2. The van der Waals surface area contributed by atoms with Crippen molar-refractivity contribution in [2.45, 2.75) is 229 Å². The van der Waals surface area contributed by atoms with Crippen LogP contribution in [0.1, 0.15) is 201 Å². The first-order chi connectivity index (χ1) is 27.6. The number of amides is 3. The highest BCUT2D eigenvalue weighted by molar-refractivity contribution is 5.69. The molecule has 0 saturated heterocycles. The molecule has 9 nitrogen and oxygen atoms in total. The molecule has 4 aliphatic carbocycles. The predicted octanol–water partition coefficient (Wildman–Crippen LogP) is 13.2. The zero-order valence-corrected chi connectivity index (χ0v) is 41.4. The normalized spacial score (nSPS) is 29.3. The number of nitrogens with one attached hydrogen (secondary N) is 2. The van der Waals surface area contributed by atoms with Crippen LogP contribution in [-0.2, 0) is 14.2 Å². The average molecular weight is 842 g/mol. The summed E-state index contributed by atoms with van der Waals surface area (Å²) < 4.78 is 17.5. The van der Waals surface area contributed by atoms with Gasteiger partial charge in [-0.1, -0.05) is 66.0 Å². The van der Waals surface area contributed by atoms with Gasteiger partial charge in [-0.05, 0) is 192 Å². The highest BCUT2D eigenvalue weighted by Crippen LogP contribution is 2.67. The van der Waals surface area contributed by atoms with E-state index in [9.17, 15) is 14.4 Å². The Kier molecular flexibility index (Phi) is 16.3. The molecule has 0 aromatic heterocycles. The van der Waals surface area contributed by atoms with Gasteiger partial charge in [0.25, 0.3) is 0 Å². The van der Waals surface area contributed by atoms with Crippen molar-refractivity contribution in [2.75, 3.05) is 13.1 Å². The third kappa shape index (κ3) is 13.3. The van der Waals surface area contributed by atoms with E-state index in [2.05, 4.69) is 58.3 Å². The van der Waals surface area contributed by atoms with Crippen LogP contribution in [0.3, 0.4) is 0 Å². The first kappa shape index (κ1) is 50.2. The molecule has 346 valence electrons. The summed E-state index contributed by atoms with van der Waals surface area (Å²) in [5, 5.41) is 6.00. The number of allylic oxidation sites excluding steroid dienone is 1. The van der Waals surface area contributed by atoms with Crippen LogP contribution in [0.2, 0.25) is 0 Å². The number of carbonyl (C=O) groups is 3. The van der Waals surface area contributed by atoms with E-state index in [0.717, 1.165) is 54.8 Å². The van der Waals surface area contributed by atoms with E-state index in [-0.39, 0.29) is 17.6 Å². The Bertz CT molecular complexity index is 1490. The molecule has 0 spiro atoms. The van der Waals surface area contributed by atoms with E-state index in [0.29, 0.717) is 43.7 Å². The standard InChI is InChI=1S/C51H91N3O6/c1-17-36(34(2)3)20-19-35(4)40-23-24-41-39-22-21-37-33-38(25-28-50(37,15)42(39)26-29-51(40,41)16)58-45(57)54(32-30-49(13,14)53-44(56)60-47(8,9)10)31-18-27-48(11,12)52-43(55)59-46(5,6)7/h21,34-36,38-42H,17-20,22-33H2,1-16H3,(H,52,55)(H,53,56)/t35-,36-,38+,39+,40-,41+,42+,50+,51-/m1/s1. The molecule has 4 aliphatic rings. The number of rotatable bonds is 16. The Hall–Kier alpha value is -2.45. The number of nitrogens with zero attached hydrogens (tertiary/aromatic N) is 1. The average Bonchev–Trinajstić information content (AvgIpc) is 3.45. The fourth-order valence-corrected chi connectivity index (χ4v) is 12.3. The van der Waals surface area contributed by atoms with Crippen LogP contribution < -0.4 is 10.6 Å². The van der Waals surface area contributed by atoms with Crippen molar-refractivity contribution in [2.24, 2.45) is 52.3 Å². The summed E-state index contributed by atoms with van der Waals surface area (Å²) >= 11 is 0. The largest absolute Gasteiger partial charge is 0.446 e. The Balaban J connectivity index is 1.41. The minimum absolute atomic E-state index is 0.155. The van der Waals surface area contributed by atoms with Gasteiger partial charge in [-0.3, -0.25) is 0 Å². The molecule has 2 N–H and O–H groups in total. The third-order valence-corrected chi connectivity index (χ3v) is 15.7. The summed E-state index contributed by atoms with van der Waals surface area (Å²) in [6.07, 6.45) is 16.5. The Morgan fingerprint density at radius 3 is 1.95 bits per heavy atom. The summed E-state index contributed by atoms with van der Waals surface area (Å²) in [6, 6.07) is 0. The highest BCUT2D eigenvalue weighted by atomic mass is 16.6. The Morgan fingerprint density at radius 1 is 0.783 bits per heavy atom. The van der Waals surface area contributed by atoms with Gasteiger partial charge >= 0.3 is 18.3 Å². The lowest BCUT2D eigenvalue weighted by molar-refractivity contribution is -0.0596. The molecule has 3 fully saturated rings. The number of hydrogen-bond acceptors (Lipinski definition) is 6. The van der Waals surface area contributed by atoms with E-state index < -0.39 is 34.5 Å². The van der Waals surface area contributed by atoms with Crippen molar-refractivity contribution in [3.05, 3.63) is 11.6 Å². The van der Waals surface area contributed by atoms with Crippen molar-refractivity contribution in [1.29, 1.82) is 0 Å². The van der Waals surface area contributed by atoms with Crippen molar-refractivity contribution >= 4 is 18.3 Å². The van der Waals surface area contributed by atoms with Gasteiger partial charge in [-0.15, -0.1) is 0 Å². The van der Waals surface area contributed by atoms with Crippen LogP contribution in [0, 0.1) is 52.3 Å². The molecule has 3 amide bonds. The lowest BCUT2D eigenvalue weighted by Gasteiger charge is -2.58. The van der Waals surface area contributed by atoms with Crippen molar-refractivity contribution in [3.8, 4) is 0 Å². The van der Waals surface area contributed by atoms with Gasteiger partial charge in [0.2, 0.25) is 0 Å². The Labute approximate surface area is 367 Å². The Morgan fingerprint density at radius 2 is 1.38 bits per heavy atom. The van der Waals surface area contributed by atoms with Gasteiger partial charge in [0.15, 0.2) is 0 Å². The first-order valence-electron chi connectivity index (χ1n) is 24.3. The molecular formula is C51H91N3O6. The second kappa shape index (κ2) is 19.5. The predicted molar refractivity (Wildman–Crippen MR) is 245 cm³/mol. The van der Waals surface area contributed by atoms with Crippen LogP contribution in [0.4, 0.5) is 14.4 Å². The lowest BCUT2D eigenvalue weighted by atomic mass is 9.47. The van der Waals surface area contributed by atoms with Crippen LogP contribution in [0.25, 0.3) is 0 Å². The molecule has 0 unspecified atom stereocenters. The van der Waals surface area contributed by atoms with E-state index in [4.69, 9.17) is 14.2 Å². The molecule has 0 aromatic carbocycles. The summed E-state index contributed by atoms with van der Waals surface area (Å²) in [4.78, 5) is 41.2. The highest BCUT2D eigenvalue weighted by Gasteiger charge is 2.59. The first-order valence-corrected chi connectivity index (χ1v) is 24.3. The van der Waals surface area contributed by atoms with E-state index >= 15 is 0 Å². The summed E-state index contributed by atoms with van der Waals surface area (Å²) in [5.41, 5.74) is -0.205. The molecule has 3 saturated carbocycles. The van der Waals surface area contributed by atoms with Gasteiger partial charge in [0, 0.05) is 30.6 Å². The van der Waals surface area contributed by atoms with Gasteiger partial charge in [0.05, 0.1) is 0 Å². The van der Waals surface area contributed by atoms with Crippen LogP contribution >= 0.6 is 0 Å². The zero-order valence-electron chi connectivity index (χ0n) is 41.4. The van der Waals surface area contributed by atoms with Crippen molar-refractivity contribution in [3.63, 3.8) is 0 Å². The number of ether oxygens (including phenoxy) is 3. The van der Waals surface area contributed by atoms with Gasteiger partial charge in [-0.2, -0.15) is 0 Å². The quantitative estimate of drug-likeness (QED) is 0.118. The van der Waals surface area contributed by atoms with Crippen molar-refractivity contribution in [1.82, 2.24) is 15.5 Å². The molecule has 9 heteroatoms. The monoisotopic (exact) mass is 842 g/mol. The fourth-order valence-electron chi connectivity index (χ4n) is 12.3. The second-order valence-electron chi connectivity index (χ2n) is 24.1. The molecule has 60 heavy (non-hydrogen) atoms. The van der Waals surface area contributed by atoms with Gasteiger partial charge in [-0.25, -0.2) is 14.4 Å². The topological polar surface area (TPSA) is 106 Å². The molecule has 9 atom stereocenters. The number of alkyl carbamates (subject to hydrolysis) is 2. The molecule has 0 bridgehead atoms. The molecule has 0 aromatic rings. The SMILES string of the molecule is CC[C@H](CC[C@@H](C)[C@H]1CC[C@H]2[C@@H]3CC=C4C[C@@H](OC(=O)N(CCCC(C)(C)NC(=O)OC(C)(C)C)CCC(C)(C)NC(=O)OC(C)(C)C)CC[C@]4(C)[C@H]3CC[C@]12C)C(C)C. The molecular weight excluding hydrogens is 751 g/mol. The van der Waals surface area contributed by atoms with Crippen LogP contribution in [0.5, 0.6) is 0 Å². The number of fused-ring (bicyclic) bond motifs is 5. The lowest BCUT2D eigenvalue weighted by Crippen LogP contribution is -2.51. The maximum Gasteiger partial charge on any atom is 0.410 e. The van der Waals surface area contributed by atoms with E-state index in [1.807, 2.05) is 69.2 Å².